The first kappa shape index (κ1) is 13.6. The highest BCUT2D eigenvalue weighted by atomic mass is 32.1. The lowest BCUT2D eigenvalue weighted by Gasteiger charge is -2.14. The SMILES string of the molecule is Cc1nc(-c2c[nH]c(C(=O)N(C)Cc3ccco3)c2)cs1. The molecule has 0 bridgehead atoms. The summed E-state index contributed by atoms with van der Waals surface area (Å²) in [6.45, 7) is 2.40. The zero-order chi connectivity index (χ0) is 14.8. The predicted molar refractivity (Wildman–Crippen MR) is 81.1 cm³/mol. The summed E-state index contributed by atoms with van der Waals surface area (Å²) in [5.74, 6) is 0.678. The van der Waals surface area contributed by atoms with Gasteiger partial charge in [0.1, 0.15) is 11.5 Å². The Kier molecular flexibility index (Phi) is 3.62. The number of aromatic amines is 1. The predicted octanol–water partition coefficient (Wildman–Crippen LogP) is 3.31. The Labute approximate surface area is 126 Å². The Hall–Kier alpha value is -2.34. The van der Waals surface area contributed by atoms with Gasteiger partial charge in [-0.05, 0) is 25.1 Å². The minimum atomic E-state index is -0.0791. The number of thiazole rings is 1. The highest BCUT2D eigenvalue weighted by molar-refractivity contribution is 7.09. The monoisotopic (exact) mass is 301 g/mol. The average molecular weight is 301 g/mol. The fourth-order valence-electron chi connectivity index (χ4n) is 2.08. The van der Waals surface area contributed by atoms with Gasteiger partial charge in [-0.1, -0.05) is 0 Å². The minimum absolute atomic E-state index is 0.0791. The lowest BCUT2D eigenvalue weighted by Crippen LogP contribution is -2.26. The molecule has 0 atom stereocenters. The molecule has 3 heterocycles. The number of H-pyrrole nitrogens is 1. The van der Waals surface area contributed by atoms with Crippen LogP contribution in [0, 0.1) is 6.92 Å². The molecule has 0 unspecified atom stereocenters. The van der Waals surface area contributed by atoms with E-state index in [0.717, 1.165) is 22.0 Å². The number of amides is 1. The molecule has 5 nitrogen and oxygen atoms in total. The van der Waals surface area contributed by atoms with Crippen molar-refractivity contribution >= 4 is 17.2 Å². The molecule has 0 radical (unpaired) electrons. The lowest BCUT2D eigenvalue weighted by atomic mass is 10.2. The normalized spacial score (nSPS) is 10.8. The van der Waals surface area contributed by atoms with E-state index in [2.05, 4.69) is 9.97 Å². The Morgan fingerprint density at radius 1 is 1.52 bits per heavy atom. The van der Waals surface area contributed by atoms with Crippen molar-refractivity contribution in [2.45, 2.75) is 13.5 Å². The summed E-state index contributed by atoms with van der Waals surface area (Å²) in [5.41, 5.74) is 2.36. The van der Waals surface area contributed by atoms with E-state index in [1.165, 1.54) is 0 Å². The van der Waals surface area contributed by atoms with Crippen molar-refractivity contribution in [1.82, 2.24) is 14.9 Å². The Bertz CT molecular complexity index is 743. The number of nitrogens with one attached hydrogen (secondary N) is 1. The summed E-state index contributed by atoms with van der Waals surface area (Å²) < 4.78 is 5.25. The molecule has 0 aliphatic rings. The van der Waals surface area contributed by atoms with Crippen LogP contribution >= 0.6 is 11.3 Å². The van der Waals surface area contributed by atoms with E-state index in [4.69, 9.17) is 4.42 Å². The molecule has 3 aromatic rings. The molecular formula is C15H15N3O2S. The third kappa shape index (κ3) is 2.90. The van der Waals surface area contributed by atoms with Gasteiger partial charge in [-0.2, -0.15) is 0 Å². The zero-order valence-electron chi connectivity index (χ0n) is 11.8. The number of rotatable bonds is 4. The first-order valence-corrected chi connectivity index (χ1v) is 7.40. The summed E-state index contributed by atoms with van der Waals surface area (Å²) in [5, 5.41) is 2.99. The van der Waals surface area contributed by atoms with Crippen LogP contribution in [0.1, 0.15) is 21.3 Å². The van der Waals surface area contributed by atoms with E-state index in [9.17, 15) is 4.79 Å². The third-order valence-electron chi connectivity index (χ3n) is 3.15. The zero-order valence-corrected chi connectivity index (χ0v) is 12.6. The van der Waals surface area contributed by atoms with Crippen LogP contribution in [0.15, 0.2) is 40.5 Å². The first-order chi connectivity index (χ1) is 10.1. The van der Waals surface area contributed by atoms with Crippen LogP contribution in [0.5, 0.6) is 0 Å². The number of carbonyl (C=O) groups is 1. The molecule has 3 rings (SSSR count). The number of carbonyl (C=O) groups excluding carboxylic acids is 1. The van der Waals surface area contributed by atoms with Crippen molar-refractivity contribution in [3.8, 4) is 11.3 Å². The molecule has 21 heavy (non-hydrogen) atoms. The van der Waals surface area contributed by atoms with Crippen LogP contribution in [0.3, 0.4) is 0 Å². The van der Waals surface area contributed by atoms with Crippen LogP contribution in [-0.4, -0.2) is 27.8 Å². The van der Waals surface area contributed by atoms with Crippen molar-refractivity contribution < 1.29 is 9.21 Å². The van der Waals surface area contributed by atoms with Crippen LogP contribution in [-0.2, 0) is 6.54 Å². The van der Waals surface area contributed by atoms with E-state index < -0.39 is 0 Å². The summed E-state index contributed by atoms with van der Waals surface area (Å²) >= 11 is 1.59. The van der Waals surface area contributed by atoms with E-state index in [1.807, 2.05) is 36.7 Å². The van der Waals surface area contributed by atoms with Gasteiger partial charge in [-0.15, -0.1) is 11.3 Å². The quantitative estimate of drug-likeness (QED) is 0.804. The van der Waals surface area contributed by atoms with E-state index in [-0.39, 0.29) is 5.91 Å². The van der Waals surface area contributed by atoms with Gasteiger partial charge in [0.2, 0.25) is 0 Å². The number of hydrogen-bond donors (Lipinski definition) is 1. The highest BCUT2D eigenvalue weighted by Gasteiger charge is 2.16. The summed E-state index contributed by atoms with van der Waals surface area (Å²) in [4.78, 5) is 21.4. The van der Waals surface area contributed by atoms with Crippen molar-refractivity contribution in [2.24, 2.45) is 0 Å². The van der Waals surface area contributed by atoms with E-state index in [0.29, 0.717) is 12.2 Å². The summed E-state index contributed by atoms with van der Waals surface area (Å²) in [6, 6.07) is 5.49. The molecule has 0 saturated carbocycles. The number of nitrogens with zero attached hydrogens (tertiary/aromatic N) is 2. The van der Waals surface area contributed by atoms with Gasteiger partial charge in [0.05, 0.1) is 23.5 Å². The third-order valence-corrected chi connectivity index (χ3v) is 3.92. The molecule has 0 spiro atoms. The van der Waals surface area contributed by atoms with Gasteiger partial charge in [-0.25, -0.2) is 4.98 Å². The number of aromatic nitrogens is 2. The van der Waals surface area contributed by atoms with Gasteiger partial charge < -0.3 is 14.3 Å². The smallest absolute Gasteiger partial charge is 0.270 e. The molecule has 6 heteroatoms. The van der Waals surface area contributed by atoms with Crippen molar-refractivity contribution in [2.75, 3.05) is 7.05 Å². The van der Waals surface area contributed by atoms with Gasteiger partial charge in [0, 0.05) is 24.2 Å². The van der Waals surface area contributed by atoms with Gasteiger partial charge in [0.15, 0.2) is 0 Å². The second kappa shape index (κ2) is 5.57. The fourth-order valence-corrected chi connectivity index (χ4v) is 2.70. The second-order valence-corrected chi connectivity index (χ2v) is 5.86. The number of aryl methyl sites for hydroxylation is 1. The maximum Gasteiger partial charge on any atom is 0.270 e. The van der Waals surface area contributed by atoms with Gasteiger partial charge in [-0.3, -0.25) is 4.79 Å². The van der Waals surface area contributed by atoms with Crippen molar-refractivity contribution in [3.05, 3.63) is 52.5 Å². The van der Waals surface area contributed by atoms with Crippen LogP contribution in [0.4, 0.5) is 0 Å². The summed E-state index contributed by atoms with van der Waals surface area (Å²) in [6.07, 6.45) is 3.41. The molecular weight excluding hydrogens is 286 g/mol. The first-order valence-electron chi connectivity index (χ1n) is 6.52. The number of hydrogen-bond acceptors (Lipinski definition) is 4. The maximum atomic E-state index is 12.4. The molecule has 0 fully saturated rings. The summed E-state index contributed by atoms with van der Waals surface area (Å²) in [7, 11) is 1.75. The molecule has 0 saturated heterocycles. The molecule has 1 amide bonds. The van der Waals surface area contributed by atoms with Crippen LogP contribution < -0.4 is 0 Å². The maximum absolute atomic E-state index is 12.4. The number of furan rings is 1. The van der Waals surface area contributed by atoms with Crippen LogP contribution in [0.2, 0.25) is 0 Å². The van der Waals surface area contributed by atoms with Crippen LogP contribution in [0.25, 0.3) is 11.3 Å². The second-order valence-electron chi connectivity index (χ2n) is 4.79. The molecule has 108 valence electrons. The molecule has 3 aromatic heterocycles. The van der Waals surface area contributed by atoms with Gasteiger partial charge in [0.25, 0.3) is 5.91 Å². The molecule has 0 aliphatic carbocycles. The average Bonchev–Trinajstić information content (AvgIpc) is 3.17. The topological polar surface area (TPSA) is 62.1 Å². The Morgan fingerprint density at radius 2 is 2.38 bits per heavy atom. The molecule has 0 aliphatic heterocycles. The largest absolute Gasteiger partial charge is 0.467 e. The Balaban J connectivity index is 1.74. The van der Waals surface area contributed by atoms with E-state index in [1.54, 1.807) is 29.5 Å². The lowest BCUT2D eigenvalue weighted by molar-refractivity contribution is 0.0770. The molecule has 0 aromatic carbocycles. The fraction of sp³-hybridized carbons (Fsp3) is 0.200. The minimum Gasteiger partial charge on any atom is -0.467 e. The standard InChI is InChI=1S/C15H15N3O2S/c1-10-17-14(9-21-10)11-6-13(16-7-11)15(19)18(2)8-12-4-3-5-20-12/h3-7,9,16H,8H2,1-2H3. The van der Waals surface area contributed by atoms with E-state index >= 15 is 0 Å². The Morgan fingerprint density at radius 3 is 3.05 bits per heavy atom. The van der Waals surface area contributed by atoms with Crippen molar-refractivity contribution in [1.29, 1.82) is 0 Å². The van der Waals surface area contributed by atoms with Gasteiger partial charge >= 0.3 is 0 Å². The molecule has 1 N–H and O–H groups in total. The highest BCUT2D eigenvalue weighted by Crippen LogP contribution is 2.22. The van der Waals surface area contributed by atoms with Crippen molar-refractivity contribution in [3.63, 3.8) is 0 Å².